The molecule has 1 atom stereocenters. The zero-order valence-electron chi connectivity index (χ0n) is 10.1. The molecule has 0 saturated heterocycles. The highest BCUT2D eigenvalue weighted by Crippen LogP contribution is 2.18. The minimum Gasteiger partial charge on any atom is -0.384 e. The Morgan fingerprint density at radius 2 is 2.00 bits per heavy atom. The summed E-state index contributed by atoms with van der Waals surface area (Å²) in [4.78, 5) is 1.30. The second kappa shape index (κ2) is 7.71. The van der Waals surface area contributed by atoms with Gasteiger partial charge in [0.2, 0.25) is 0 Å². The average Bonchev–Trinajstić information content (AvgIpc) is 2.31. The van der Waals surface area contributed by atoms with Gasteiger partial charge in [-0.25, -0.2) is 0 Å². The van der Waals surface area contributed by atoms with E-state index in [9.17, 15) is 0 Å². The van der Waals surface area contributed by atoms with Crippen molar-refractivity contribution in [2.45, 2.75) is 30.7 Å². The highest BCUT2D eigenvalue weighted by molar-refractivity contribution is 7.99. The molecule has 0 heterocycles. The van der Waals surface area contributed by atoms with E-state index in [1.165, 1.54) is 10.5 Å². The molecule has 0 radical (unpaired) electrons. The lowest BCUT2D eigenvalue weighted by molar-refractivity contribution is 0.218. The molecule has 2 N–H and O–H groups in total. The topological polar surface area (TPSA) is 35.2 Å². The quantitative estimate of drug-likeness (QED) is 0.587. The third kappa shape index (κ3) is 5.01. The highest BCUT2D eigenvalue weighted by atomic mass is 32.2. The molecule has 2 nitrogen and oxygen atoms in total. The molecule has 0 amide bonds. The van der Waals surface area contributed by atoms with E-state index >= 15 is 0 Å². The van der Waals surface area contributed by atoms with E-state index < -0.39 is 0 Å². The van der Waals surface area contributed by atoms with Crippen LogP contribution in [0.1, 0.15) is 18.9 Å². The van der Waals surface area contributed by atoms with Crippen molar-refractivity contribution < 1.29 is 4.74 Å². The van der Waals surface area contributed by atoms with Gasteiger partial charge in [0.1, 0.15) is 0 Å². The summed E-state index contributed by atoms with van der Waals surface area (Å²) >= 11 is 1.82. The van der Waals surface area contributed by atoms with E-state index in [4.69, 9.17) is 10.5 Å². The van der Waals surface area contributed by atoms with E-state index in [0.717, 1.165) is 25.2 Å². The van der Waals surface area contributed by atoms with Gasteiger partial charge in [-0.15, -0.1) is 11.8 Å². The molecule has 1 aromatic rings. The van der Waals surface area contributed by atoms with Crippen LogP contribution in [0.15, 0.2) is 29.2 Å². The molecule has 0 aliphatic rings. The maximum Gasteiger partial charge on any atom is 0.0556 e. The largest absolute Gasteiger partial charge is 0.384 e. The van der Waals surface area contributed by atoms with Crippen molar-refractivity contribution in [1.82, 2.24) is 0 Å². The van der Waals surface area contributed by atoms with Crippen LogP contribution in [0, 0.1) is 0 Å². The average molecular weight is 239 g/mol. The summed E-state index contributed by atoms with van der Waals surface area (Å²) < 4.78 is 5.02. The number of hydrogen-bond donors (Lipinski definition) is 1. The van der Waals surface area contributed by atoms with Crippen molar-refractivity contribution >= 4 is 11.8 Å². The molecule has 1 unspecified atom stereocenters. The molecule has 3 heteroatoms. The van der Waals surface area contributed by atoms with Gasteiger partial charge in [-0.1, -0.05) is 19.1 Å². The summed E-state index contributed by atoms with van der Waals surface area (Å²) in [5.74, 6) is 1.00. The Bertz CT molecular complexity index is 286. The predicted octanol–water partition coefficient (Wildman–Crippen LogP) is 2.70. The van der Waals surface area contributed by atoms with Crippen LogP contribution in [0.4, 0.5) is 0 Å². The number of methoxy groups -OCH3 is 1. The zero-order valence-corrected chi connectivity index (χ0v) is 10.9. The first-order valence-corrected chi connectivity index (χ1v) is 6.71. The van der Waals surface area contributed by atoms with Crippen LogP contribution in [0.25, 0.3) is 0 Å². The lowest BCUT2D eigenvalue weighted by Gasteiger charge is -2.09. The minimum absolute atomic E-state index is 0.284. The van der Waals surface area contributed by atoms with Gasteiger partial charge in [0, 0.05) is 23.8 Å². The molecule has 1 rings (SSSR count). The Morgan fingerprint density at radius 3 is 2.56 bits per heavy atom. The van der Waals surface area contributed by atoms with Crippen LogP contribution in [-0.2, 0) is 11.2 Å². The van der Waals surface area contributed by atoms with Crippen LogP contribution < -0.4 is 5.73 Å². The molecule has 0 aromatic heterocycles. The van der Waals surface area contributed by atoms with E-state index in [1.807, 2.05) is 11.8 Å². The molecule has 0 saturated carbocycles. The summed E-state index contributed by atoms with van der Waals surface area (Å²) in [5.41, 5.74) is 7.24. The second-order valence-corrected chi connectivity index (χ2v) is 5.03. The lowest BCUT2D eigenvalue weighted by Crippen LogP contribution is -2.21. The van der Waals surface area contributed by atoms with Crippen LogP contribution in [0.3, 0.4) is 0 Å². The van der Waals surface area contributed by atoms with Crippen molar-refractivity contribution in [3.8, 4) is 0 Å². The van der Waals surface area contributed by atoms with Crippen LogP contribution in [0.2, 0.25) is 0 Å². The second-order valence-electron chi connectivity index (χ2n) is 3.86. The first-order chi connectivity index (χ1) is 7.76. The lowest BCUT2D eigenvalue weighted by atomic mass is 10.1. The summed E-state index contributed by atoms with van der Waals surface area (Å²) in [5, 5.41) is 0. The molecule has 1 aromatic carbocycles. The van der Waals surface area contributed by atoms with Gasteiger partial charge < -0.3 is 10.5 Å². The Labute approximate surface area is 103 Å². The first-order valence-electron chi connectivity index (χ1n) is 5.72. The zero-order chi connectivity index (χ0) is 11.8. The Morgan fingerprint density at radius 1 is 1.31 bits per heavy atom. The predicted molar refractivity (Wildman–Crippen MR) is 71.0 cm³/mol. The number of rotatable bonds is 7. The van der Waals surface area contributed by atoms with Gasteiger partial charge in [0.05, 0.1) is 6.61 Å². The minimum atomic E-state index is 0.284. The Kier molecular flexibility index (Phi) is 6.53. The van der Waals surface area contributed by atoms with Crippen LogP contribution in [-0.4, -0.2) is 25.5 Å². The summed E-state index contributed by atoms with van der Waals surface area (Å²) in [7, 11) is 1.73. The highest BCUT2D eigenvalue weighted by Gasteiger charge is 2.01. The van der Waals surface area contributed by atoms with E-state index in [2.05, 4.69) is 31.2 Å². The van der Waals surface area contributed by atoms with Crippen molar-refractivity contribution in [3.63, 3.8) is 0 Å². The van der Waals surface area contributed by atoms with Crippen LogP contribution in [0.5, 0.6) is 0 Å². The monoisotopic (exact) mass is 239 g/mol. The summed E-state index contributed by atoms with van der Waals surface area (Å²) in [6.45, 7) is 2.92. The van der Waals surface area contributed by atoms with Crippen molar-refractivity contribution in [3.05, 3.63) is 29.8 Å². The Hall–Kier alpha value is -0.510. The molecule has 0 spiro atoms. The maximum atomic E-state index is 5.92. The third-order valence-corrected chi connectivity index (χ3v) is 3.48. The molecule has 0 aliphatic carbocycles. The maximum absolute atomic E-state index is 5.92. The van der Waals surface area contributed by atoms with Gasteiger partial charge in [-0.2, -0.15) is 0 Å². The fourth-order valence-electron chi connectivity index (χ4n) is 1.41. The van der Waals surface area contributed by atoms with Gasteiger partial charge in [0.25, 0.3) is 0 Å². The molecule has 16 heavy (non-hydrogen) atoms. The number of thioether (sulfide) groups is 1. The van der Waals surface area contributed by atoms with Gasteiger partial charge >= 0.3 is 0 Å². The first kappa shape index (κ1) is 13.6. The van der Waals surface area contributed by atoms with Gasteiger partial charge in [-0.3, -0.25) is 0 Å². The normalized spacial score (nSPS) is 12.7. The fraction of sp³-hybridized carbons (Fsp3) is 0.538. The molecule has 0 fully saturated rings. The molecule has 0 bridgehead atoms. The molecular formula is C13H21NOS. The number of nitrogens with two attached hydrogens (primary N) is 1. The van der Waals surface area contributed by atoms with E-state index in [1.54, 1.807) is 7.11 Å². The number of ether oxygens (including phenoxy) is 1. The van der Waals surface area contributed by atoms with E-state index in [-0.39, 0.29) is 6.04 Å². The summed E-state index contributed by atoms with van der Waals surface area (Å²) in [6.07, 6.45) is 2.00. The van der Waals surface area contributed by atoms with Crippen molar-refractivity contribution in [2.24, 2.45) is 5.73 Å². The third-order valence-electron chi connectivity index (χ3n) is 2.50. The van der Waals surface area contributed by atoms with Crippen molar-refractivity contribution in [1.29, 1.82) is 0 Å². The molecule has 90 valence electrons. The van der Waals surface area contributed by atoms with E-state index in [0.29, 0.717) is 0 Å². The fourth-order valence-corrected chi connectivity index (χ4v) is 2.23. The number of benzene rings is 1. The SMILES string of the molecule is CCC(N)Cc1ccc(SCCOC)cc1. The smallest absolute Gasteiger partial charge is 0.0556 e. The van der Waals surface area contributed by atoms with Crippen LogP contribution >= 0.6 is 11.8 Å². The number of hydrogen-bond acceptors (Lipinski definition) is 3. The standard InChI is InChI=1S/C13H21NOS/c1-3-12(14)10-11-4-6-13(7-5-11)16-9-8-15-2/h4-7,12H,3,8-10,14H2,1-2H3. The van der Waals surface area contributed by atoms with Gasteiger partial charge in [-0.05, 0) is 30.5 Å². The molecular weight excluding hydrogens is 218 g/mol. The van der Waals surface area contributed by atoms with Crippen molar-refractivity contribution in [2.75, 3.05) is 19.5 Å². The summed E-state index contributed by atoms with van der Waals surface area (Å²) in [6, 6.07) is 8.96. The van der Waals surface area contributed by atoms with Gasteiger partial charge in [0.15, 0.2) is 0 Å². The Balaban J connectivity index is 2.41. The molecule has 0 aliphatic heterocycles.